The lowest BCUT2D eigenvalue weighted by atomic mass is 10.2. The van der Waals surface area contributed by atoms with Crippen LogP contribution >= 0.6 is 0 Å². The number of hydrogen-bond acceptors (Lipinski definition) is 4. The molecule has 4 aromatic rings. The van der Waals surface area contributed by atoms with Gasteiger partial charge in [-0.05, 0) is 24.3 Å². The van der Waals surface area contributed by atoms with E-state index in [9.17, 15) is 0 Å². The highest BCUT2D eigenvalue weighted by molar-refractivity contribution is 5.82. The van der Waals surface area contributed by atoms with Gasteiger partial charge < -0.3 is 10.7 Å². The van der Waals surface area contributed by atoms with Crippen molar-refractivity contribution in [3.8, 4) is 11.4 Å². The van der Waals surface area contributed by atoms with E-state index < -0.39 is 0 Å². The van der Waals surface area contributed by atoms with Crippen molar-refractivity contribution in [1.82, 2.24) is 24.6 Å². The van der Waals surface area contributed by atoms with Crippen molar-refractivity contribution in [2.24, 2.45) is 0 Å². The first-order valence-corrected chi connectivity index (χ1v) is 5.86. The summed E-state index contributed by atoms with van der Waals surface area (Å²) in [6, 6.07) is 9.53. The number of imidazole rings is 1. The third-order valence-corrected chi connectivity index (χ3v) is 3.05. The molecule has 0 aliphatic carbocycles. The Hall–Kier alpha value is -2.89. The summed E-state index contributed by atoms with van der Waals surface area (Å²) in [5.41, 5.74) is 9.07. The second-order valence-corrected chi connectivity index (χ2v) is 4.28. The molecule has 0 spiro atoms. The molecule has 0 fully saturated rings. The number of nitrogens with zero attached hydrogens (tertiary/aromatic N) is 4. The molecule has 4 rings (SSSR count). The molecule has 3 N–H and O–H groups in total. The van der Waals surface area contributed by atoms with Gasteiger partial charge in [0.05, 0.1) is 22.8 Å². The van der Waals surface area contributed by atoms with Crippen molar-refractivity contribution in [3.63, 3.8) is 0 Å². The summed E-state index contributed by atoms with van der Waals surface area (Å²) in [7, 11) is 0. The van der Waals surface area contributed by atoms with Gasteiger partial charge in [-0.2, -0.15) is 5.10 Å². The molecule has 0 aromatic carbocycles. The van der Waals surface area contributed by atoms with Gasteiger partial charge in [0, 0.05) is 6.20 Å². The van der Waals surface area contributed by atoms with Crippen LogP contribution < -0.4 is 5.73 Å². The Kier molecular flexibility index (Phi) is 1.88. The normalized spacial score (nSPS) is 11.4. The fraction of sp³-hybridized carbons (Fsp3) is 0. The lowest BCUT2D eigenvalue weighted by Gasteiger charge is -1.93. The number of nitrogens with two attached hydrogens (primary N) is 1. The van der Waals surface area contributed by atoms with Gasteiger partial charge in [0.2, 0.25) is 0 Å². The summed E-state index contributed by atoms with van der Waals surface area (Å²) < 4.78 is 1.81. The molecule has 0 bridgehead atoms. The van der Waals surface area contributed by atoms with Crippen LogP contribution in [0.1, 0.15) is 0 Å². The highest BCUT2D eigenvalue weighted by atomic mass is 15.2. The highest BCUT2D eigenvalue weighted by Gasteiger charge is 2.11. The molecule has 0 radical (unpaired) electrons. The third kappa shape index (κ3) is 1.46. The summed E-state index contributed by atoms with van der Waals surface area (Å²) in [6.45, 7) is 0. The van der Waals surface area contributed by atoms with Crippen LogP contribution in [-0.2, 0) is 0 Å². The number of H-pyrrole nitrogens is 1. The molecular formula is C13H10N6. The molecular weight excluding hydrogens is 240 g/mol. The van der Waals surface area contributed by atoms with Gasteiger partial charge in [-0.3, -0.25) is 0 Å². The smallest absolute Gasteiger partial charge is 0.180 e. The van der Waals surface area contributed by atoms with Crippen LogP contribution in [0.25, 0.3) is 28.1 Å². The molecule has 0 saturated carbocycles. The van der Waals surface area contributed by atoms with E-state index in [4.69, 9.17) is 5.73 Å². The van der Waals surface area contributed by atoms with E-state index >= 15 is 0 Å². The average molecular weight is 250 g/mol. The largest absolute Gasteiger partial charge is 0.384 e. The van der Waals surface area contributed by atoms with Crippen LogP contribution in [-0.4, -0.2) is 24.6 Å². The first-order chi connectivity index (χ1) is 9.31. The minimum Gasteiger partial charge on any atom is -0.384 e. The van der Waals surface area contributed by atoms with E-state index in [2.05, 4.69) is 20.1 Å². The first kappa shape index (κ1) is 10.1. The number of aromatic amines is 1. The maximum absolute atomic E-state index is 5.66. The van der Waals surface area contributed by atoms with Gasteiger partial charge in [0.25, 0.3) is 0 Å². The average Bonchev–Trinajstić information content (AvgIpc) is 3.00. The van der Waals surface area contributed by atoms with E-state index in [1.165, 1.54) is 0 Å². The SMILES string of the molecule is Nc1ccc2[nH]c(-c3cnn4ccccc34)nc2n1. The Labute approximate surface area is 107 Å². The number of nitrogen functional groups attached to an aromatic ring is 1. The van der Waals surface area contributed by atoms with Crippen LogP contribution in [0.2, 0.25) is 0 Å². The minimum absolute atomic E-state index is 0.463. The van der Waals surface area contributed by atoms with Crippen LogP contribution in [0.5, 0.6) is 0 Å². The fourth-order valence-electron chi connectivity index (χ4n) is 2.15. The number of rotatable bonds is 1. The van der Waals surface area contributed by atoms with E-state index in [0.717, 1.165) is 22.4 Å². The number of anilines is 1. The molecule has 6 nitrogen and oxygen atoms in total. The Balaban J connectivity index is 1.99. The third-order valence-electron chi connectivity index (χ3n) is 3.05. The molecule has 0 aliphatic heterocycles. The molecule has 19 heavy (non-hydrogen) atoms. The predicted octanol–water partition coefficient (Wildman–Crippen LogP) is 1.85. The quantitative estimate of drug-likeness (QED) is 0.540. The molecule has 92 valence electrons. The van der Waals surface area contributed by atoms with Gasteiger partial charge in [-0.1, -0.05) is 6.07 Å². The number of fused-ring (bicyclic) bond motifs is 2. The molecule has 0 atom stereocenters. The Bertz CT molecular complexity index is 888. The Morgan fingerprint density at radius 1 is 1.11 bits per heavy atom. The van der Waals surface area contributed by atoms with Crippen LogP contribution in [0.3, 0.4) is 0 Å². The van der Waals surface area contributed by atoms with Crippen molar-refractivity contribution in [2.45, 2.75) is 0 Å². The van der Waals surface area contributed by atoms with E-state index in [1.807, 2.05) is 35.0 Å². The molecule has 4 heterocycles. The number of nitrogens with one attached hydrogen (secondary N) is 1. The van der Waals surface area contributed by atoms with Gasteiger partial charge in [0.15, 0.2) is 5.65 Å². The zero-order valence-electron chi connectivity index (χ0n) is 9.91. The zero-order chi connectivity index (χ0) is 12.8. The summed E-state index contributed by atoms with van der Waals surface area (Å²) in [6.07, 6.45) is 3.69. The number of pyridine rings is 2. The maximum atomic E-state index is 5.66. The monoisotopic (exact) mass is 250 g/mol. The van der Waals surface area contributed by atoms with Crippen LogP contribution in [0.4, 0.5) is 5.82 Å². The number of hydrogen-bond donors (Lipinski definition) is 2. The maximum Gasteiger partial charge on any atom is 0.180 e. The fourth-order valence-corrected chi connectivity index (χ4v) is 2.15. The van der Waals surface area contributed by atoms with Crippen molar-refractivity contribution < 1.29 is 0 Å². The Morgan fingerprint density at radius 2 is 2.05 bits per heavy atom. The summed E-state index contributed by atoms with van der Waals surface area (Å²) in [4.78, 5) is 11.9. The number of aromatic nitrogens is 5. The van der Waals surface area contributed by atoms with Crippen molar-refractivity contribution >= 4 is 22.5 Å². The second kappa shape index (κ2) is 3.55. The molecule has 4 aromatic heterocycles. The van der Waals surface area contributed by atoms with Gasteiger partial charge in [-0.25, -0.2) is 14.5 Å². The lowest BCUT2D eigenvalue weighted by Crippen LogP contribution is -1.88. The van der Waals surface area contributed by atoms with Gasteiger partial charge >= 0.3 is 0 Å². The minimum atomic E-state index is 0.463. The van der Waals surface area contributed by atoms with Gasteiger partial charge in [0.1, 0.15) is 11.6 Å². The highest BCUT2D eigenvalue weighted by Crippen LogP contribution is 2.23. The second-order valence-electron chi connectivity index (χ2n) is 4.28. The topological polar surface area (TPSA) is 84.9 Å². The summed E-state index contributed by atoms with van der Waals surface area (Å²) >= 11 is 0. The van der Waals surface area contributed by atoms with E-state index in [0.29, 0.717) is 11.5 Å². The standard InChI is InChI=1S/C13H10N6/c14-11-5-4-9-13(17-11)18-12(16-9)8-7-15-19-6-2-1-3-10(8)19/h1-7H,(H3,14,16,17,18). The van der Waals surface area contributed by atoms with Crippen molar-refractivity contribution in [3.05, 3.63) is 42.7 Å². The van der Waals surface area contributed by atoms with Crippen molar-refractivity contribution in [1.29, 1.82) is 0 Å². The summed E-state index contributed by atoms with van der Waals surface area (Å²) in [5.74, 6) is 1.21. The molecule has 0 saturated heterocycles. The molecule has 0 aliphatic rings. The van der Waals surface area contributed by atoms with E-state index in [-0.39, 0.29) is 0 Å². The first-order valence-electron chi connectivity index (χ1n) is 5.86. The molecule has 0 unspecified atom stereocenters. The molecule has 6 heteroatoms. The summed E-state index contributed by atoms with van der Waals surface area (Å²) in [5, 5.41) is 4.29. The van der Waals surface area contributed by atoms with Crippen molar-refractivity contribution in [2.75, 3.05) is 5.73 Å². The zero-order valence-corrected chi connectivity index (χ0v) is 9.91. The Morgan fingerprint density at radius 3 is 3.00 bits per heavy atom. The lowest BCUT2D eigenvalue weighted by molar-refractivity contribution is 0.961. The van der Waals surface area contributed by atoms with E-state index in [1.54, 1.807) is 12.3 Å². The van der Waals surface area contributed by atoms with Crippen LogP contribution in [0.15, 0.2) is 42.7 Å². The molecule has 0 amide bonds. The van der Waals surface area contributed by atoms with Gasteiger partial charge in [-0.15, -0.1) is 0 Å². The predicted molar refractivity (Wildman–Crippen MR) is 72.5 cm³/mol. The van der Waals surface area contributed by atoms with Crippen LogP contribution in [0, 0.1) is 0 Å².